The van der Waals surface area contributed by atoms with Gasteiger partial charge in [0.2, 0.25) is 0 Å². The Morgan fingerprint density at radius 3 is 3.05 bits per heavy atom. The van der Waals surface area contributed by atoms with E-state index >= 15 is 0 Å². The van der Waals surface area contributed by atoms with Crippen LogP contribution in [-0.4, -0.2) is 21.0 Å². The van der Waals surface area contributed by atoms with E-state index in [1.54, 1.807) is 12.3 Å². The minimum absolute atomic E-state index is 0.205. The topological polar surface area (TPSA) is 73.0 Å². The van der Waals surface area contributed by atoms with Crippen LogP contribution in [0.25, 0.3) is 0 Å². The molecule has 2 aromatic heterocycles. The number of nitrogens with one attached hydrogen (secondary N) is 1. The first-order valence-corrected chi connectivity index (χ1v) is 7.02. The molecular weight excluding hydrogens is 264 g/mol. The average Bonchev–Trinajstić information content (AvgIpc) is 3.04. The summed E-state index contributed by atoms with van der Waals surface area (Å²) in [6.45, 7) is 2.58. The number of hydrogen-bond donors (Lipinski definition) is 1. The van der Waals surface area contributed by atoms with Crippen molar-refractivity contribution in [2.75, 3.05) is 6.54 Å². The molecule has 19 heavy (non-hydrogen) atoms. The third kappa shape index (κ3) is 4.46. The Kier molecular flexibility index (Phi) is 5.05. The lowest BCUT2D eigenvalue weighted by Gasteiger charge is -2.04. The van der Waals surface area contributed by atoms with Gasteiger partial charge in [0, 0.05) is 36.9 Å². The normalized spacial score (nSPS) is 10.7. The first-order chi connectivity index (χ1) is 9.25. The Balaban J connectivity index is 1.57. The predicted octanol–water partition coefficient (Wildman–Crippen LogP) is 2.42. The van der Waals surface area contributed by atoms with Crippen LogP contribution in [0.2, 0.25) is 0 Å². The van der Waals surface area contributed by atoms with Gasteiger partial charge in [-0.15, -0.1) is 0 Å². The van der Waals surface area contributed by atoms with Crippen molar-refractivity contribution < 1.29 is 4.92 Å². The third-order valence-corrected chi connectivity index (χ3v) is 3.66. The Morgan fingerprint density at radius 2 is 2.37 bits per heavy atom. The lowest BCUT2D eigenvalue weighted by Crippen LogP contribution is -2.14. The smallest absolute Gasteiger partial charge is 0.324 e. The molecule has 0 fully saturated rings. The van der Waals surface area contributed by atoms with Gasteiger partial charge in [0.25, 0.3) is 0 Å². The fourth-order valence-electron chi connectivity index (χ4n) is 1.75. The van der Waals surface area contributed by atoms with E-state index in [1.165, 1.54) is 11.3 Å². The highest BCUT2D eigenvalue weighted by Crippen LogP contribution is 2.22. The van der Waals surface area contributed by atoms with Crippen molar-refractivity contribution in [1.82, 2.24) is 14.9 Å². The minimum atomic E-state index is -0.348. The lowest BCUT2D eigenvalue weighted by atomic mass is 10.3. The van der Waals surface area contributed by atoms with Crippen LogP contribution in [0.4, 0.5) is 5.00 Å². The number of nitro groups is 1. The summed E-state index contributed by atoms with van der Waals surface area (Å²) in [6.07, 6.45) is 7.72. The van der Waals surface area contributed by atoms with Crippen molar-refractivity contribution in [3.05, 3.63) is 45.8 Å². The summed E-state index contributed by atoms with van der Waals surface area (Å²) in [5, 5.41) is 15.9. The molecule has 2 rings (SSSR count). The van der Waals surface area contributed by atoms with Gasteiger partial charge in [-0.1, -0.05) is 11.3 Å². The first-order valence-electron chi connectivity index (χ1n) is 6.14. The van der Waals surface area contributed by atoms with Crippen LogP contribution in [0.3, 0.4) is 0 Å². The molecule has 6 nitrogen and oxygen atoms in total. The van der Waals surface area contributed by atoms with Crippen molar-refractivity contribution in [3.8, 4) is 0 Å². The number of rotatable bonds is 8. The van der Waals surface area contributed by atoms with Gasteiger partial charge in [-0.2, -0.15) is 0 Å². The van der Waals surface area contributed by atoms with Crippen molar-refractivity contribution in [2.24, 2.45) is 0 Å². The van der Waals surface area contributed by atoms with Gasteiger partial charge in [-0.3, -0.25) is 10.1 Å². The van der Waals surface area contributed by atoms with Gasteiger partial charge >= 0.3 is 5.00 Å². The molecule has 0 aliphatic heterocycles. The number of thiophene rings is 1. The molecule has 0 aliphatic rings. The second-order valence-electron chi connectivity index (χ2n) is 4.23. The van der Waals surface area contributed by atoms with Crippen molar-refractivity contribution in [2.45, 2.75) is 25.9 Å². The van der Waals surface area contributed by atoms with E-state index in [4.69, 9.17) is 0 Å². The molecule has 0 saturated carbocycles. The SMILES string of the molecule is O=[N+]([O-])c1cc(CNCCCCn2ccnc2)cs1. The van der Waals surface area contributed by atoms with Crippen LogP contribution in [0, 0.1) is 10.1 Å². The maximum atomic E-state index is 10.5. The molecule has 0 aromatic carbocycles. The molecule has 0 saturated heterocycles. The van der Waals surface area contributed by atoms with Crippen LogP contribution in [-0.2, 0) is 13.1 Å². The summed E-state index contributed by atoms with van der Waals surface area (Å²) in [4.78, 5) is 14.2. The number of imidazole rings is 1. The molecule has 0 unspecified atom stereocenters. The molecule has 2 aromatic rings. The lowest BCUT2D eigenvalue weighted by molar-refractivity contribution is -0.380. The summed E-state index contributed by atoms with van der Waals surface area (Å²) >= 11 is 1.17. The van der Waals surface area contributed by atoms with Crippen molar-refractivity contribution in [1.29, 1.82) is 0 Å². The molecule has 0 aliphatic carbocycles. The summed E-state index contributed by atoms with van der Waals surface area (Å²) in [7, 11) is 0. The van der Waals surface area contributed by atoms with E-state index in [-0.39, 0.29) is 9.92 Å². The molecule has 102 valence electrons. The number of unbranched alkanes of at least 4 members (excludes halogenated alkanes) is 1. The van der Waals surface area contributed by atoms with Gasteiger partial charge in [-0.25, -0.2) is 4.98 Å². The Labute approximate surface area is 115 Å². The van der Waals surface area contributed by atoms with E-state index in [1.807, 2.05) is 17.9 Å². The zero-order valence-electron chi connectivity index (χ0n) is 10.5. The number of aromatic nitrogens is 2. The monoisotopic (exact) mass is 280 g/mol. The first kappa shape index (κ1) is 13.7. The zero-order valence-corrected chi connectivity index (χ0v) is 11.3. The Hall–Kier alpha value is -1.73. The molecule has 2 heterocycles. The van der Waals surface area contributed by atoms with E-state index in [2.05, 4.69) is 14.9 Å². The molecular formula is C12H16N4O2S. The highest BCUT2D eigenvalue weighted by molar-refractivity contribution is 7.13. The Morgan fingerprint density at radius 1 is 1.47 bits per heavy atom. The van der Waals surface area contributed by atoms with E-state index in [0.29, 0.717) is 6.54 Å². The second-order valence-corrected chi connectivity index (χ2v) is 5.12. The van der Waals surface area contributed by atoms with Gasteiger partial charge in [0.15, 0.2) is 0 Å². The van der Waals surface area contributed by atoms with Crippen LogP contribution in [0.5, 0.6) is 0 Å². The van der Waals surface area contributed by atoms with Crippen LogP contribution >= 0.6 is 11.3 Å². The molecule has 0 amide bonds. The van der Waals surface area contributed by atoms with Gasteiger partial charge in [0.05, 0.1) is 11.3 Å². The van der Waals surface area contributed by atoms with Crippen molar-refractivity contribution in [3.63, 3.8) is 0 Å². The van der Waals surface area contributed by atoms with Crippen LogP contribution < -0.4 is 5.32 Å². The molecule has 0 radical (unpaired) electrons. The molecule has 0 bridgehead atoms. The zero-order chi connectivity index (χ0) is 13.5. The van der Waals surface area contributed by atoms with E-state index in [0.717, 1.165) is 31.5 Å². The van der Waals surface area contributed by atoms with Crippen LogP contribution in [0.1, 0.15) is 18.4 Å². The number of hydrogen-bond acceptors (Lipinski definition) is 5. The third-order valence-electron chi connectivity index (χ3n) is 2.73. The Bertz CT molecular complexity index is 510. The number of aryl methyl sites for hydroxylation is 1. The summed E-state index contributed by atoms with van der Waals surface area (Å²) in [5.74, 6) is 0. The van der Waals surface area contributed by atoms with Gasteiger partial charge < -0.3 is 9.88 Å². The fraction of sp³-hybridized carbons (Fsp3) is 0.417. The summed E-state index contributed by atoms with van der Waals surface area (Å²) in [5.41, 5.74) is 0.978. The highest BCUT2D eigenvalue weighted by atomic mass is 32.1. The molecule has 0 atom stereocenters. The van der Waals surface area contributed by atoms with E-state index in [9.17, 15) is 10.1 Å². The largest absolute Gasteiger partial charge is 0.337 e. The summed E-state index contributed by atoms with van der Waals surface area (Å²) in [6, 6.07) is 1.63. The average molecular weight is 280 g/mol. The maximum absolute atomic E-state index is 10.5. The summed E-state index contributed by atoms with van der Waals surface area (Å²) < 4.78 is 2.06. The number of nitrogens with zero attached hydrogens (tertiary/aromatic N) is 3. The minimum Gasteiger partial charge on any atom is -0.337 e. The second kappa shape index (κ2) is 7.01. The molecule has 0 spiro atoms. The van der Waals surface area contributed by atoms with Gasteiger partial charge in [-0.05, 0) is 24.9 Å². The van der Waals surface area contributed by atoms with E-state index < -0.39 is 0 Å². The fourth-order valence-corrected chi connectivity index (χ4v) is 2.48. The van der Waals surface area contributed by atoms with Crippen LogP contribution in [0.15, 0.2) is 30.2 Å². The van der Waals surface area contributed by atoms with Crippen molar-refractivity contribution >= 4 is 16.3 Å². The molecule has 7 heteroatoms. The maximum Gasteiger partial charge on any atom is 0.324 e. The highest BCUT2D eigenvalue weighted by Gasteiger charge is 2.08. The standard InChI is InChI=1S/C12H16N4O2S/c17-16(18)12-7-11(9-19-12)8-13-3-1-2-5-15-6-4-14-10-15/h4,6-7,9-10,13H,1-3,5,8H2. The van der Waals surface area contributed by atoms with Gasteiger partial charge in [0.1, 0.15) is 0 Å². The predicted molar refractivity (Wildman–Crippen MR) is 74.1 cm³/mol. The quantitative estimate of drug-likeness (QED) is 0.458. The molecule has 1 N–H and O–H groups in total.